The van der Waals surface area contributed by atoms with Gasteiger partial charge in [-0.3, -0.25) is 14.4 Å². The zero-order chi connectivity index (χ0) is 27.5. The van der Waals surface area contributed by atoms with Crippen molar-refractivity contribution in [2.45, 2.75) is 18.6 Å². The molecule has 2 amide bonds. The molecular weight excluding hydrogens is 535 g/mol. The van der Waals surface area contributed by atoms with Crippen LogP contribution in [0.5, 0.6) is 0 Å². The summed E-state index contributed by atoms with van der Waals surface area (Å²) < 4.78 is 95.1. The van der Waals surface area contributed by atoms with E-state index in [-0.39, 0.29) is 21.8 Å². The number of aldehydes is 1. The minimum Gasteiger partial charge on any atom is -0.340 e. The summed E-state index contributed by atoms with van der Waals surface area (Å²) >= 11 is 5.79. The van der Waals surface area contributed by atoms with Crippen molar-refractivity contribution in [1.82, 2.24) is 10.3 Å². The molecule has 14 heteroatoms. The van der Waals surface area contributed by atoms with Gasteiger partial charge in [-0.15, -0.1) is 0 Å². The molecule has 0 bridgehead atoms. The van der Waals surface area contributed by atoms with E-state index in [4.69, 9.17) is 11.6 Å². The molecule has 1 heterocycles. The number of rotatable bonds is 7. The van der Waals surface area contributed by atoms with E-state index in [1.54, 1.807) is 0 Å². The first kappa shape index (κ1) is 27.6. The van der Waals surface area contributed by atoms with Gasteiger partial charge in [0.2, 0.25) is 5.91 Å². The zero-order valence-electron chi connectivity index (χ0n) is 18.1. The van der Waals surface area contributed by atoms with Gasteiger partial charge in [-0.1, -0.05) is 29.8 Å². The fourth-order valence-electron chi connectivity index (χ4n) is 3.26. The average Bonchev–Trinajstić information content (AvgIpc) is 2.84. The minimum atomic E-state index is -5.78. The number of pyridine rings is 1. The number of carbonyl (C=O) groups is 3. The molecule has 0 saturated heterocycles. The third-order valence-corrected chi connectivity index (χ3v) is 5.19. The number of alkyl halides is 3. The second kappa shape index (κ2) is 10.9. The molecule has 2 aromatic carbocycles. The van der Waals surface area contributed by atoms with Crippen molar-refractivity contribution in [2.75, 3.05) is 5.32 Å². The smallest absolute Gasteiger partial charge is 0.340 e. The van der Waals surface area contributed by atoms with Crippen LogP contribution in [0, 0.1) is 23.3 Å². The molecule has 1 aromatic heterocycles. The molecule has 0 unspecified atom stereocenters. The maximum atomic E-state index is 14.3. The lowest BCUT2D eigenvalue weighted by atomic mass is 10.0. The zero-order valence-corrected chi connectivity index (χ0v) is 18.9. The number of benzene rings is 2. The van der Waals surface area contributed by atoms with E-state index in [2.05, 4.69) is 10.3 Å². The predicted molar refractivity (Wildman–Crippen MR) is 116 cm³/mol. The first-order valence-corrected chi connectivity index (χ1v) is 10.4. The molecule has 37 heavy (non-hydrogen) atoms. The van der Waals surface area contributed by atoms with E-state index in [1.807, 2.05) is 0 Å². The van der Waals surface area contributed by atoms with Gasteiger partial charge < -0.3 is 10.6 Å². The number of hydrogen-bond donors (Lipinski definition) is 2. The summed E-state index contributed by atoms with van der Waals surface area (Å²) in [4.78, 5) is 40.6. The Morgan fingerprint density at radius 1 is 1.00 bits per heavy atom. The van der Waals surface area contributed by atoms with E-state index in [1.165, 1.54) is 47.9 Å². The summed E-state index contributed by atoms with van der Waals surface area (Å²) in [6.07, 6.45) is -4.61. The number of hydrogen-bond acceptors (Lipinski definition) is 4. The Balaban J connectivity index is 2.00. The van der Waals surface area contributed by atoms with Crippen LogP contribution in [0.2, 0.25) is 5.15 Å². The van der Waals surface area contributed by atoms with Crippen molar-refractivity contribution in [3.05, 3.63) is 93.3 Å². The molecule has 194 valence electrons. The standard InChI is InChI=1S/C23H13ClF7N3O3/c24-14-8-10(5-6-32-14)7-13(33-21(36)12-4-2-1-3-11(12)9-35)22(37)34-20-18(27)16(25)15(23(29,30)31)17(26)19(20)28/h1-6,8-9,13H,7H2,(H,33,36)(H,34,37)/t13-/m0/s1. The Kier molecular flexibility index (Phi) is 8.16. The highest BCUT2D eigenvalue weighted by atomic mass is 35.5. The Morgan fingerprint density at radius 2 is 1.62 bits per heavy atom. The summed E-state index contributed by atoms with van der Waals surface area (Å²) in [6, 6.07) is 6.27. The molecule has 0 saturated carbocycles. The lowest BCUT2D eigenvalue weighted by Gasteiger charge is -2.20. The number of nitrogens with one attached hydrogen (secondary N) is 2. The average molecular weight is 548 g/mol. The van der Waals surface area contributed by atoms with Gasteiger partial charge in [-0.25, -0.2) is 22.5 Å². The quantitative estimate of drug-likeness (QED) is 0.186. The number of carbonyl (C=O) groups excluding carboxylic acids is 3. The number of nitrogens with zero attached hydrogens (tertiary/aromatic N) is 1. The highest BCUT2D eigenvalue weighted by molar-refractivity contribution is 6.29. The van der Waals surface area contributed by atoms with Crippen molar-refractivity contribution in [3.8, 4) is 0 Å². The SMILES string of the molecule is O=Cc1ccccc1C(=O)N[C@@H](Cc1ccnc(Cl)c1)C(=O)Nc1c(F)c(F)c(C(F)(F)F)c(F)c1F. The molecule has 1 atom stereocenters. The third-order valence-electron chi connectivity index (χ3n) is 4.98. The van der Waals surface area contributed by atoms with E-state index in [0.29, 0.717) is 6.29 Å². The van der Waals surface area contributed by atoms with Gasteiger partial charge in [-0.05, 0) is 23.8 Å². The Hall–Kier alpha value is -4.00. The van der Waals surface area contributed by atoms with Gasteiger partial charge in [0, 0.05) is 23.7 Å². The number of aromatic nitrogens is 1. The molecule has 0 aliphatic heterocycles. The molecule has 3 rings (SSSR count). The lowest BCUT2D eigenvalue weighted by molar-refractivity contribution is -0.143. The van der Waals surface area contributed by atoms with Gasteiger partial charge >= 0.3 is 6.18 Å². The molecule has 0 radical (unpaired) electrons. The van der Waals surface area contributed by atoms with Crippen molar-refractivity contribution < 1.29 is 45.1 Å². The molecular formula is C23H13ClF7N3O3. The van der Waals surface area contributed by atoms with Gasteiger partial charge in [0.1, 0.15) is 22.4 Å². The highest BCUT2D eigenvalue weighted by Crippen LogP contribution is 2.38. The van der Waals surface area contributed by atoms with E-state index < -0.39 is 65.0 Å². The first-order valence-electron chi connectivity index (χ1n) is 10.0. The van der Waals surface area contributed by atoms with Crippen LogP contribution in [-0.4, -0.2) is 29.1 Å². The minimum absolute atomic E-state index is 0.0294. The van der Waals surface area contributed by atoms with E-state index >= 15 is 0 Å². The predicted octanol–water partition coefficient (Wildman–Crippen LogP) is 5.10. The van der Waals surface area contributed by atoms with Crippen LogP contribution in [0.25, 0.3) is 0 Å². The lowest BCUT2D eigenvalue weighted by Crippen LogP contribution is -2.45. The summed E-state index contributed by atoms with van der Waals surface area (Å²) in [5.41, 5.74) is -4.66. The molecule has 2 N–H and O–H groups in total. The maximum Gasteiger partial charge on any atom is 0.422 e. The molecule has 0 aliphatic rings. The van der Waals surface area contributed by atoms with Crippen LogP contribution in [0.4, 0.5) is 36.4 Å². The van der Waals surface area contributed by atoms with Crippen LogP contribution in [0.1, 0.15) is 31.8 Å². The van der Waals surface area contributed by atoms with Gasteiger partial charge in [0.05, 0.1) is 0 Å². The second-order valence-electron chi connectivity index (χ2n) is 7.42. The number of halogens is 8. The maximum absolute atomic E-state index is 14.3. The molecule has 0 fully saturated rings. The van der Waals surface area contributed by atoms with Gasteiger partial charge in [-0.2, -0.15) is 13.2 Å². The largest absolute Gasteiger partial charge is 0.422 e. The van der Waals surface area contributed by atoms with Crippen molar-refractivity contribution in [3.63, 3.8) is 0 Å². The fraction of sp³-hybridized carbons (Fsp3) is 0.130. The summed E-state index contributed by atoms with van der Waals surface area (Å²) in [6.45, 7) is 0. The van der Waals surface area contributed by atoms with Gasteiger partial charge in [0.15, 0.2) is 29.6 Å². The summed E-state index contributed by atoms with van der Waals surface area (Å²) in [5.74, 6) is -13.0. The number of anilines is 1. The Morgan fingerprint density at radius 3 is 2.19 bits per heavy atom. The van der Waals surface area contributed by atoms with Crippen molar-refractivity contribution >= 4 is 35.4 Å². The highest BCUT2D eigenvalue weighted by Gasteiger charge is 2.42. The van der Waals surface area contributed by atoms with Gasteiger partial charge in [0.25, 0.3) is 5.91 Å². The molecule has 0 spiro atoms. The monoisotopic (exact) mass is 547 g/mol. The van der Waals surface area contributed by atoms with Crippen molar-refractivity contribution in [1.29, 1.82) is 0 Å². The topological polar surface area (TPSA) is 88.2 Å². The molecule has 3 aromatic rings. The van der Waals surface area contributed by atoms with E-state index in [9.17, 15) is 45.1 Å². The Bertz CT molecular complexity index is 1350. The normalized spacial score (nSPS) is 12.1. The van der Waals surface area contributed by atoms with Crippen LogP contribution in [0.15, 0.2) is 42.6 Å². The second-order valence-corrected chi connectivity index (χ2v) is 7.80. The van der Waals surface area contributed by atoms with Crippen LogP contribution < -0.4 is 10.6 Å². The van der Waals surface area contributed by atoms with Crippen LogP contribution >= 0.6 is 11.6 Å². The molecule has 6 nitrogen and oxygen atoms in total. The van der Waals surface area contributed by atoms with E-state index in [0.717, 1.165) is 0 Å². The third kappa shape index (κ3) is 6.05. The summed E-state index contributed by atoms with van der Waals surface area (Å²) in [7, 11) is 0. The van der Waals surface area contributed by atoms with Crippen LogP contribution in [0.3, 0.4) is 0 Å². The fourth-order valence-corrected chi connectivity index (χ4v) is 3.45. The number of amides is 2. The molecule has 0 aliphatic carbocycles. The summed E-state index contributed by atoms with van der Waals surface area (Å²) in [5, 5.41) is 3.67. The van der Waals surface area contributed by atoms with Crippen LogP contribution in [-0.2, 0) is 17.4 Å². The van der Waals surface area contributed by atoms with Crippen molar-refractivity contribution in [2.24, 2.45) is 0 Å². The first-order chi connectivity index (χ1) is 17.3. The Labute approximate surface area is 208 Å².